The molecule has 0 atom stereocenters. The van der Waals surface area contributed by atoms with E-state index < -0.39 is 5.97 Å². The van der Waals surface area contributed by atoms with Gasteiger partial charge in [-0.2, -0.15) is 0 Å². The fourth-order valence-corrected chi connectivity index (χ4v) is 3.64. The topological polar surface area (TPSA) is 68.3 Å². The number of hydrogen-bond donors (Lipinski definition) is 1. The predicted octanol–water partition coefficient (Wildman–Crippen LogP) is 4.21. The van der Waals surface area contributed by atoms with E-state index in [1.54, 1.807) is 12.1 Å². The number of rotatable bonds is 6. The molecule has 0 aliphatic heterocycles. The molecule has 1 amide bonds. The minimum absolute atomic E-state index is 0.342. The number of thiazole rings is 1. The van der Waals surface area contributed by atoms with E-state index in [0.717, 1.165) is 15.1 Å². The number of ether oxygens (including phenoxy) is 1. The van der Waals surface area contributed by atoms with Crippen molar-refractivity contribution in [2.45, 2.75) is 4.90 Å². The summed E-state index contributed by atoms with van der Waals surface area (Å²) in [6.07, 6.45) is 4.80. The number of carbonyl (C=O) groups is 2. The van der Waals surface area contributed by atoms with Gasteiger partial charge in [-0.05, 0) is 36.6 Å². The predicted molar refractivity (Wildman–Crippen MR) is 106 cm³/mol. The van der Waals surface area contributed by atoms with Crippen LogP contribution in [0.15, 0.2) is 59.5 Å². The number of carbonyl (C=O) groups excluding carboxylic acids is 2. The van der Waals surface area contributed by atoms with Gasteiger partial charge >= 0.3 is 5.97 Å². The molecule has 3 rings (SSSR count). The summed E-state index contributed by atoms with van der Waals surface area (Å²) in [4.78, 5) is 29.1. The molecule has 0 fully saturated rings. The van der Waals surface area contributed by atoms with Gasteiger partial charge in [0.25, 0.3) is 5.91 Å². The summed E-state index contributed by atoms with van der Waals surface area (Å²) in [6.45, 7) is -0.342. The Hall–Kier alpha value is -2.64. The molecule has 132 valence electrons. The number of nitrogens with zero attached hydrogens (tertiary/aromatic N) is 1. The van der Waals surface area contributed by atoms with E-state index in [4.69, 9.17) is 4.74 Å². The van der Waals surface area contributed by atoms with Gasteiger partial charge in [0.15, 0.2) is 6.61 Å². The van der Waals surface area contributed by atoms with Crippen LogP contribution in [0, 0.1) is 0 Å². The van der Waals surface area contributed by atoms with Gasteiger partial charge in [-0.15, -0.1) is 23.1 Å². The summed E-state index contributed by atoms with van der Waals surface area (Å²) in [6, 6.07) is 15.2. The molecule has 0 radical (unpaired) electrons. The highest BCUT2D eigenvalue weighted by Crippen LogP contribution is 2.24. The first-order valence-electron chi connectivity index (χ1n) is 7.79. The third kappa shape index (κ3) is 4.71. The van der Waals surface area contributed by atoms with Crippen LogP contribution in [0.5, 0.6) is 0 Å². The number of nitrogens with one attached hydrogen (secondary N) is 1. The Morgan fingerprint density at radius 1 is 1.19 bits per heavy atom. The third-order valence-electron chi connectivity index (χ3n) is 3.40. The summed E-state index contributed by atoms with van der Waals surface area (Å²) in [5.41, 5.74) is 1.59. The monoisotopic (exact) mass is 384 g/mol. The summed E-state index contributed by atoms with van der Waals surface area (Å²) >= 11 is 3.01. The Labute approximate surface area is 159 Å². The Bertz CT molecular complexity index is 933. The number of fused-ring (bicyclic) bond motifs is 1. The Balaban J connectivity index is 1.52. The van der Waals surface area contributed by atoms with Gasteiger partial charge < -0.3 is 10.1 Å². The zero-order chi connectivity index (χ0) is 18.4. The number of hydrogen-bond acceptors (Lipinski definition) is 6. The molecule has 0 bridgehead atoms. The first kappa shape index (κ1) is 18.2. The van der Waals surface area contributed by atoms with E-state index in [9.17, 15) is 9.59 Å². The average Bonchev–Trinajstić information content (AvgIpc) is 3.08. The van der Waals surface area contributed by atoms with Crippen molar-refractivity contribution in [3.05, 3.63) is 59.6 Å². The fraction of sp³-hybridized carbons (Fsp3) is 0.105. The lowest BCUT2D eigenvalue weighted by atomic mass is 10.3. The third-order valence-corrected chi connectivity index (χ3v) is 5.20. The first-order valence-corrected chi connectivity index (χ1v) is 9.83. The molecule has 1 N–H and O–H groups in total. The quantitative estimate of drug-likeness (QED) is 0.392. The second-order valence-electron chi connectivity index (χ2n) is 5.21. The lowest BCUT2D eigenvalue weighted by Gasteiger charge is -2.08. The smallest absolute Gasteiger partial charge is 0.331 e. The lowest BCUT2D eigenvalue weighted by molar-refractivity contribution is -0.142. The SMILES string of the molecule is CSc1ccccc1NC(=O)COC(=O)/C=C/c1nc2ccccc2s1. The maximum absolute atomic E-state index is 11.9. The first-order chi connectivity index (χ1) is 12.7. The van der Waals surface area contributed by atoms with Crippen LogP contribution in [0.25, 0.3) is 16.3 Å². The molecule has 1 aromatic heterocycles. The Morgan fingerprint density at radius 3 is 2.77 bits per heavy atom. The molecule has 5 nitrogen and oxygen atoms in total. The van der Waals surface area contributed by atoms with Crippen molar-refractivity contribution in [1.82, 2.24) is 4.98 Å². The molecule has 2 aromatic carbocycles. The van der Waals surface area contributed by atoms with Gasteiger partial charge in [-0.3, -0.25) is 4.79 Å². The van der Waals surface area contributed by atoms with Gasteiger partial charge in [-0.1, -0.05) is 24.3 Å². The number of aromatic nitrogens is 1. The molecule has 0 saturated heterocycles. The van der Waals surface area contributed by atoms with E-state index in [-0.39, 0.29) is 12.5 Å². The second kappa shape index (κ2) is 8.64. The van der Waals surface area contributed by atoms with Crippen molar-refractivity contribution in [3.63, 3.8) is 0 Å². The molecule has 1 heterocycles. The number of benzene rings is 2. The fourth-order valence-electron chi connectivity index (χ4n) is 2.22. The summed E-state index contributed by atoms with van der Waals surface area (Å²) in [5, 5.41) is 3.45. The average molecular weight is 384 g/mol. The van der Waals surface area contributed by atoms with Gasteiger partial charge in [0, 0.05) is 11.0 Å². The standard InChI is InChI=1S/C19H16N2O3S2/c1-25-15-8-4-2-6-13(15)20-17(22)12-24-19(23)11-10-18-21-14-7-3-5-9-16(14)26-18/h2-11H,12H2,1H3,(H,20,22)/b11-10+. The molecule has 0 spiro atoms. The van der Waals surface area contributed by atoms with Crippen LogP contribution in [0.1, 0.15) is 5.01 Å². The van der Waals surface area contributed by atoms with E-state index in [2.05, 4.69) is 10.3 Å². The molecule has 0 unspecified atom stereocenters. The molecular weight excluding hydrogens is 368 g/mol. The second-order valence-corrected chi connectivity index (χ2v) is 7.12. The zero-order valence-corrected chi connectivity index (χ0v) is 15.6. The highest BCUT2D eigenvalue weighted by molar-refractivity contribution is 7.98. The van der Waals surface area contributed by atoms with Gasteiger partial charge in [0.2, 0.25) is 0 Å². The van der Waals surface area contributed by atoms with Gasteiger partial charge in [-0.25, -0.2) is 9.78 Å². The maximum atomic E-state index is 11.9. The minimum Gasteiger partial charge on any atom is -0.452 e. The summed E-state index contributed by atoms with van der Waals surface area (Å²) < 4.78 is 6.03. The van der Waals surface area contributed by atoms with Crippen LogP contribution in [0.4, 0.5) is 5.69 Å². The van der Waals surface area contributed by atoms with Crippen molar-refractivity contribution in [1.29, 1.82) is 0 Å². The van der Waals surface area contributed by atoms with E-state index >= 15 is 0 Å². The van der Waals surface area contributed by atoms with Gasteiger partial charge in [0.05, 0.1) is 15.9 Å². The van der Waals surface area contributed by atoms with Crippen LogP contribution < -0.4 is 5.32 Å². The Morgan fingerprint density at radius 2 is 1.96 bits per heavy atom. The van der Waals surface area contributed by atoms with E-state index in [1.807, 2.05) is 48.7 Å². The lowest BCUT2D eigenvalue weighted by Crippen LogP contribution is -2.20. The largest absolute Gasteiger partial charge is 0.452 e. The van der Waals surface area contributed by atoms with E-state index in [0.29, 0.717) is 10.7 Å². The highest BCUT2D eigenvalue weighted by atomic mass is 32.2. The van der Waals surface area contributed by atoms with E-state index in [1.165, 1.54) is 29.2 Å². The molecule has 0 saturated carbocycles. The Kier molecular flexibility index (Phi) is 6.04. The zero-order valence-electron chi connectivity index (χ0n) is 14.0. The molecular formula is C19H16N2O3S2. The van der Waals surface area contributed by atoms with Crippen molar-refractivity contribution in [2.24, 2.45) is 0 Å². The van der Waals surface area contributed by atoms with Crippen LogP contribution in [0.3, 0.4) is 0 Å². The van der Waals surface area contributed by atoms with Crippen molar-refractivity contribution >= 4 is 57.0 Å². The number of amides is 1. The van der Waals surface area contributed by atoms with Crippen LogP contribution in [-0.2, 0) is 14.3 Å². The van der Waals surface area contributed by atoms with Crippen LogP contribution in [-0.4, -0.2) is 29.7 Å². The van der Waals surface area contributed by atoms with Gasteiger partial charge in [0.1, 0.15) is 5.01 Å². The highest BCUT2D eigenvalue weighted by Gasteiger charge is 2.08. The minimum atomic E-state index is -0.586. The molecule has 0 aliphatic rings. The van der Waals surface area contributed by atoms with Crippen molar-refractivity contribution < 1.29 is 14.3 Å². The normalized spacial score (nSPS) is 11.0. The molecule has 26 heavy (non-hydrogen) atoms. The van der Waals surface area contributed by atoms with Crippen LogP contribution >= 0.6 is 23.1 Å². The molecule has 0 aliphatic carbocycles. The molecule has 7 heteroatoms. The maximum Gasteiger partial charge on any atom is 0.331 e. The van der Waals surface area contributed by atoms with Crippen LogP contribution in [0.2, 0.25) is 0 Å². The summed E-state index contributed by atoms with van der Waals surface area (Å²) in [7, 11) is 0. The number of anilines is 1. The van der Waals surface area contributed by atoms with Crippen molar-refractivity contribution in [3.8, 4) is 0 Å². The number of thioether (sulfide) groups is 1. The molecule has 3 aromatic rings. The van der Waals surface area contributed by atoms with Crippen molar-refractivity contribution in [2.75, 3.05) is 18.2 Å². The summed E-state index contributed by atoms with van der Waals surface area (Å²) in [5.74, 6) is -0.967. The number of para-hydroxylation sites is 2. The number of esters is 1.